The molecular weight excluding hydrogens is 284 g/mol. The van der Waals surface area contributed by atoms with E-state index in [0.717, 1.165) is 0 Å². The van der Waals surface area contributed by atoms with Crippen molar-refractivity contribution in [3.05, 3.63) is 22.7 Å². The van der Waals surface area contributed by atoms with E-state index in [2.05, 4.69) is 15.3 Å². The zero-order valence-electron chi connectivity index (χ0n) is 11.4. The fourth-order valence-corrected chi connectivity index (χ4v) is 1.49. The first-order valence-electron chi connectivity index (χ1n) is 6.08. The number of amides is 2. The summed E-state index contributed by atoms with van der Waals surface area (Å²) in [5, 5.41) is 2.77. The molecule has 0 fully saturated rings. The Morgan fingerprint density at radius 1 is 1.50 bits per heavy atom. The molecule has 0 aliphatic heterocycles. The molecule has 0 unspecified atom stereocenters. The molecule has 0 saturated heterocycles. The Kier molecular flexibility index (Phi) is 6.33. The fraction of sp³-hybridized carbons (Fsp3) is 0.500. The van der Waals surface area contributed by atoms with Crippen LogP contribution in [0.4, 0.5) is 0 Å². The molecule has 1 rings (SSSR count). The first-order chi connectivity index (χ1) is 9.41. The highest BCUT2D eigenvalue weighted by atomic mass is 35.5. The Bertz CT molecular complexity index is 494. The van der Waals surface area contributed by atoms with Gasteiger partial charge in [-0.2, -0.15) is 0 Å². The van der Waals surface area contributed by atoms with E-state index in [0.29, 0.717) is 5.82 Å². The van der Waals surface area contributed by atoms with Crippen molar-refractivity contribution in [1.82, 2.24) is 15.3 Å². The lowest BCUT2D eigenvalue weighted by atomic mass is 10.2. The van der Waals surface area contributed by atoms with E-state index in [-0.39, 0.29) is 36.4 Å². The van der Waals surface area contributed by atoms with Gasteiger partial charge in [0.25, 0.3) is 5.91 Å². The minimum atomic E-state index is -0.559. The van der Waals surface area contributed by atoms with Crippen LogP contribution in [0.1, 0.15) is 36.1 Å². The van der Waals surface area contributed by atoms with Gasteiger partial charge >= 0.3 is 0 Å². The normalized spacial score (nSPS) is 10.6. The standard InChI is InChI=1S/C12H17ClN4O3/c1-7(2)11-16-5-8(13)10(17-11)12(19)15-3-4-20-6-9(14)18/h5,7H,3-4,6H2,1-2H3,(H2,14,18)(H,15,19). The predicted molar refractivity (Wildman–Crippen MR) is 73.5 cm³/mol. The second-order valence-electron chi connectivity index (χ2n) is 4.35. The van der Waals surface area contributed by atoms with Crippen LogP contribution in [0.2, 0.25) is 5.02 Å². The third-order valence-corrected chi connectivity index (χ3v) is 2.55. The molecule has 0 aromatic carbocycles. The molecule has 0 aliphatic rings. The summed E-state index contributed by atoms with van der Waals surface area (Å²) >= 11 is 5.90. The van der Waals surface area contributed by atoms with Crippen LogP contribution in [0.15, 0.2) is 6.20 Å². The highest BCUT2D eigenvalue weighted by Gasteiger charge is 2.15. The van der Waals surface area contributed by atoms with Crippen LogP contribution in [0.3, 0.4) is 0 Å². The molecule has 1 aromatic heterocycles. The van der Waals surface area contributed by atoms with E-state index in [9.17, 15) is 9.59 Å². The summed E-state index contributed by atoms with van der Waals surface area (Å²) in [4.78, 5) is 30.5. The Hall–Kier alpha value is -1.73. The van der Waals surface area contributed by atoms with E-state index < -0.39 is 11.8 Å². The van der Waals surface area contributed by atoms with Gasteiger partial charge in [0, 0.05) is 12.5 Å². The second-order valence-corrected chi connectivity index (χ2v) is 4.76. The van der Waals surface area contributed by atoms with Gasteiger partial charge in [0.05, 0.1) is 17.8 Å². The van der Waals surface area contributed by atoms with E-state index >= 15 is 0 Å². The smallest absolute Gasteiger partial charge is 0.271 e. The van der Waals surface area contributed by atoms with Gasteiger partial charge in [-0.25, -0.2) is 9.97 Å². The zero-order chi connectivity index (χ0) is 15.1. The molecule has 0 radical (unpaired) electrons. The minimum absolute atomic E-state index is 0.0951. The fourth-order valence-electron chi connectivity index (χ4n) is 1.31. The molecule has 8 heteroatoms. The number of nitrogens with zero attached hydrogens (tertiary/aromatic N) is 2. The number of rotatable bonds is 7. The molecule has 20 heavy (non-hydrogen) atoms. The summed E-state index contributed by atoms with van der Waals surface area (Å²) in [6.45, 7) is 4.06. The molecule has 0 bridgehead atoms. The predicted octanol–water partition coefficient (Wildman–Crippen LogP) is 0.485. The van der Waals surface area contributed by atoms with Crippen LogP contribution in [0.5, 0.6) is 0 Å². The first-order valence-corrected chi connectivity index (χ1v) is 6.46. The molecule has 0 spiro atoms. The van der Waals surface area contributed by atoms with Crippen molar-refractivity contribution in [1.29, 1.82) is 0 Å². The topological polar surface area (TPSA) is 107 Å². The number of nitrogens with one attached hydrogen (secondary N) is 1. The third-order valence-electron chi connectivity index (χ3n) is 2.27. The first kappa shape index (κ1) is 16.3. The third kappa shape index (κ3) is 5.10. The van der Waals surface area contributed by atoms with Crippen LogP contribution in [0, 0.1) is 0 Å². The number of primary amides is 1. The second kappa shape index (κ2) is 7.76. The van der Waals surface area contributed by atoms with Crippen molar-refractivity contribution < 1.29 is 14.3 Å². The minimum Gasteiger partial charge on any atom is -0.370 e. The average molecular weight is 301 g/mol. The Morgan fingerprint density at radius 2 is 2.20 bits per heavy atom. The van der Waals surface area contributed by atoms with Crippen LogP contribution >= 0.6 is 11.6 Å². The van der Waals surface area contributed by atoms with Gasteiger partial charge in [0.15, 0.2) is 0 Å². The number of nitrogens with two attached hydrogens (primary N) is 1. The van der Waals surface area contributed by atoms with Crippen molar-refractivity contribution in [3.8, 4) is 0 Å². The summed E-state index contributed by atoms with van der Waals surface area (Å²) in [6.07, 6.45) is 1.41. The van der Waals surface area contributed by atoms with Crippen molar-refractivity contribution in [3.63, 3.8) is 0 Å². The number of hydrogen-bond donors (Lipinski definition) is 2. The lowest BCUT2D eigenvalue weighted by Crippen LogP contribution is -2.30. The Labute approximate surface area is 121 Å². The molecule has 3 N–H and O–H groups in total. The number of carbonyl (C=O) groups excluding carboxylic acids is 2. The average Bonchev–Trinajstić information content (AvgIpc) is 2.37. The molecule has 0 saturated carbocycles. The van der Waals surface area contributed by atoms with Gasteiger partial charge < -0.3 is 15.8 Å². The maximum absolute atomic E-state index is 11.9. The maximum atomic E-state index is 11.9. The van der Waals surface area contributed by atoms with Crippen LogP contribution in [0.25, 0.3) is 0 Å². The number of ether oxygens (including phenoxy) is 1. The highest BCUT2D eigenvalue weighted by Crippen LogP contribution is 2.16. The SMILES string of the molecule is CC(C)c1ncc(Cl)c(C(=O)NCCOCC(N)=O)n1. The molecule has 1 heterocycles. The van der Waals surface area contributed by atoms with Gasteiger partial charge in [0.2, 0.25) is 5.91 Å². The monoisotopic (exact) mass is 300 g/mol. The van der Waals surface area contributed by atoms with Crippen LogP contribution in [-0.2, 0) is 9.53 Å². The number of carbonyl (C=O) groups is 2. The number of hydrogen-bond acceptors (Lipinski definition) is 5. The van der Waals surface area contributed by atoms with E-state index in [1.165, 1.54) is 6.20 Å². The maximum Gasteiger partial charge on any atom is 0.271 e. The molecule has 7 nitrogen and oxygen atoms in total. The Morgan fingerprint density at radius 3 is 2.80 bits per heavy atom. The molecule has 0 aliphatic carbocycles. The molecule has 2 amide bonds. The van der Waals surface area contributed by atoms with Gasteiger partial charge in [-0.15, -0.1) is 0 Å². The molecular formula is C12H17ClN4O3. The van der Waals surface area contributed by atoms with E-state index in [1.54, 1.807) is 0 Å². The number of halogens is 1. The van der Waals surface area contributed by atoms with Gasteiger partial charge in [-0.3, -0.25) is 9.59 Å². The van der Waals surface area contributed by atoms with Gasteiger partial charge in [-0.1, -0.05) is 25.4 Å². The summed E-state index contributed by atoms with van der Waals surface area (Å²) in [7, 11) is 0. The highest BCUT2D eigenvalue weighted by molar-refractivity contribution is 6.33. The molecule has 0 atom stereocenters. The lowest BCUT2D eigenvalue weighted by molar-refractivity contribution is -0.122. The van der Waals surface area contributed by atoms with Crippen molar-refractivity contribution in [2.75, 3.05) is 19.8 Å². The van der Waals surface area contributed by atoms with Crippen molar-refractivity contribution >= 4 is 23.4 Å². The molecule has 1 aromatic rings. The van der Waals surface area contributed by atoms with Crippen LogP contribution < -0.4 is 11.1 Å². The summed E-state index contributed by atoms with van der Waals surface area (Å²) in [5.74, 6) is -0.332. The largest absolute Gasteiger partial charge is 0.370 e. The van der Waals surface area contributed by atoms with Crippen LogP contribution in [-0.4, -0.2) is 41.5 Å². The summed E-state index contributed by atoms with van der Waals surface area (Å²) < 4.78 is 4.92. The Balaban J connectivity index is 2.54. The van der Waals surface area contributed by atoms with E-state index in [4.69, 9.17) is 22.1 Å². The lowest BCUT2D eigenvalue weighted by Gasteiger charge is -2.09. The van der Waals surface area contributed by atoms with E-state index in [1.807, 2.05) is 13.8 Å². The van der Waals surface area contributed by atoms with Crippen molar-refractivity contribution in [2.45, 2.75) is 19.8 Å². The summed E-state index contributed by atoms with van der Waals surface area (Å²) in [6, 6.07) is 0. The number of aromatic nitrogens is 2. The van der Waals surface area contributed by atoms with Crippen molar-refractivity contribution in [2.24, 2.45) is 5.73 Å². The van der Waals surface area contributed by atoms with Gasteiger partial charge in [0.1, 0.15) is 18.1 Å². The quantitative estimate of drug-likeness (QED) is 0.712. The summed E-state index contributed by atoms with van der Waals surface area (Å²) in [5.41, 5.74) is 5.03. The zero-order valence-corrected chi connectivity index (χ0v) is 12.1. The van der Waals surface area contributed by atoms with Gasteiger partial charge in [-0.05, 0) is 0 Å². The molecule has 110 valence electrons.